The van der Waals surface area contributed by atoms with Crippen molar-refractivity contribution >= 4 is 35.6 Å². The van der Waals surface area contributed by atoms with Gasteiger partial charge in [-0.25, -0.2) is 8.78 Å². The molecule has 2 saturated heterocycles. The fourth-order valence-corrected chi connectivity index (χ4v) is 4.02. The minimum absolute atomic E-state index is 0. The average molecular weight is 550 g/mol. The summed E-state index contributed by atoms with van der Waals surface area (Å²) in [5, 5.41) is 3.38. The molecule has 1 aromatic carbocycles. The third-order valence-electron chi connectivity index (χ3n) is 5.90. The predicted molar refractivity (Wildman–Crippen MR) is 135 cm³/mol. The Bertz CT molecular complexity index is 689. The van der Waals surface area contributed by atoms with Gasteiger partial charge in [0.25, 0.3) is 0 Å². The zero-order valence-corrected chi connectivity index (χ0v) is 21.2. The van der Waals surface area contributed by atoms with E-state index < -0.39 is 5.82 Å². The number of piperazine rings is 2. The summed E-state index contributed by atoms with van der Waals surface area (Å²) in [6, 6.07) is 3.64. The molecule has 0 radical (unpaired) electrons. The Morgan fingerprint density at radius 2 is 1.71 bits per heavy atom. The van der Waals surface area contributed by atoms with E-state index in [1.807, 2.05) is 4.90 Å². The molecular weight excluding hydrogens is 513 g/mol. The van der Waals surface area contributed by atoms with Crippen LogP contribution >= 0.6 is 24.0 Å². The zero-order chi connectivity index (χ0) is 21.3. The van der Waals surface area contributed by atoms with Crippen LogP contribution in [0.5, 0.6) is 0 Å². The van der Waals surface area contributed by atoms with E-state index >= 15 is 0 Å². The molecule has 0 aliphatic carbocycles. The number of halogens is 3. The average Bonchev–Trinajstić information content (AvgIpc) is 2.76. The van der Waals surface area contributed by atoms with Crippen molar-refractivity contribution in [3.8, 4) is 0 Å². The molecular formula is C22H37F2IN6. The van der Waals surface area contributed by atoms with Gasteiger partial charge in [0.05, 0.1) is 5.69 Å². The van der Waals surface area contributed by atoms with Gasteiger partial charge in [0.1, 0.15) is 11.6 Å². The number of nitrogens with zero attached hydrogens (tertiary/aromatic N) is 5. The molecule has 1 aromatic rings. The van der Waals surface area contributed by atoms with Crippen LogP contribution in [0.15, 0.2) is 23.2 Å². The van der Waals surface area contributed by atoms with Gasteiger partial charge in [-0.15, -0.1) is 24.0 Å². The van der Waals surface area contributed by atoms with E-state index in [9.17, 15) is 8.78 Å². The number of nitrogens with one attached hydrogen (secondary N) is 1. The Morgan fingerprint density at radius 1 is 1.00 bits per heavy atom. The van der Waals surface area contributed by atoms with E-state index in [1.165, 1.54) is 31.6 Å². The molecule has 2 fully saturated rings. The highest BCUT2D eigenvalue weighted by atomic mass is 127. The Kier molecular flexibility index (Phi) is 11.2. The summed E-state index contributed by atoms with van der Waals surface area (Å²) in [5.41, 5.74) is 0.348. The molecule has 2 heterocycles. The Balaban J connectivity index is 0.00000341. The van der Waals surface area contributed by atoms with E-state index in [0.29, 0.717) is 18.8 Å². The van der Waals surface area contributed by atoms with Crippen molar-refractivity contribution in [3.63, 3.8) is 0 Å². The van der Waals surface area contributed by atoms with Crippen molar-refractivity contribution in [2.24, 2.45) is 4.99 Å². The maximum atomic E-state index is 14.1. The van der Waals surface area contributed by atoms with E-state index in [-0.39, 0.29) is 29.8 Å². The van der Waals surface area contributed by atoms with Gasteiger partial charge in [0.15, 0.2) is 5.96 Å². The summed E-state index contributed by atoms with van der Waals surface area (Å²) in [7, 11) is 2.18. The van der Waals surface area contributed by atoms with Crippen LogP contribution in [-0.2, 0) is 0 Å². The predicted octanol–water partition coefficient (Wildman–Crippen LogP) is 2.70. The second kappa shape index (κ2) is 13.4. The molecule has 176 valence electrons. The van der Waals surface area contributed by atoms with Crippen LogP contribution in [0.2, 0.25) is 0 Å². The second-order valence-corrected chi connectivity index (χ2v) is 8.16. The number of rotatable bonds is 7. The number of aliphatic imine (C=N–C) groups is 1. The summed E-state index contributed by atoms with van der Waals surface area (Å²) in [6.07, 6.45) is 2.24. The molecule has 0 aromatic heterocycles. The fourth-order valence-electron chi connectivity index (χ4n) is 4.02. The molecule has 0 saturated carbocycles. The number of anilines is 1. The van der Waals surface area contributed by atoms with Gasteiger partial charge < -0.3 is 24.9 Å². The first-order valence-corrected chi connectivity index (χ1v) is 11.2. The monoisotopic (exact) mass is 550 g/mol. The quantitative estimate of drug-likeness (QED) is 0.245. The number of likely N-dealkylation sites (N-methyl/N-ethyl adjacent to an activating group) is 1. The van der Waals surface area contributed by atoms with Crippen LogP contribution in [0.3, 0.4) is 0 Å². The third-order valence-corrected chi connectivity index (χ3v) is 5.90. The van der Waals surface area contributed by atoms with Crippen molar-refractivity contribution in [3.05, 3.63) is 29.8 Å². The van der Waals surface area contributed by atoms with Crippen LogP contribution in [0, 0.1) is 11.6 Å². The first kappa shape index (κ1) is 26.1. The number of hydrogen-bond acceptors (Lipinski definition) is 4. The van der Waals surface area contributed by atoms with Crippen molar-refractivity contribution in [1.82, 2.24) is 20.0 Å². The van der Waals surface area contributed by atoms with Crippen LogP contribution < -0.4 is 10.2 Å². The zero-order valence-electron chi connectivity index (χ0n) is 18.8. The van der Waals surface area contributed by atoms with Gasteiger partial charge in [0.2, 0.25) is 0 Å². The minimum Gasteiger partial charge on any atom is -0.366 e. The lowest BCUT2D eigenvalue weighted by molar-refractivity contribution is 0.152. The lowest BCUT2D eigenvalue weighted by Gasteiger charge is -2.37. The van der Waals surface area contributed by atoms with Gasteiger partial charge in [-0.05, 0) is 45.5 Å². The third kappa shape index (κ3) is 8.02. The largest absolute Gasteiger partial charge is 0.366 e. The van der Waals surface area contributed by atoms with E-state index in [2.05, 4.69) is 34.0 Å². The molecule has 0 bridgehead atoms. The summed E-state index contributed by atoms with van der Waals surface area (Å²) < 4.78 is 27.6. The topological polar surface area (TPSA) is 37.4 Å². The lowest BCUT2D eigenvalue weighted by atomic mass is 10.2. The Hall–Kier alpha value is -1.20. The number of hydrogen-bond donors (Lipinski definition) is 1. The van der Waals surface area contributed by atoms with E-state index in [1.54, 1.807) is 0 Å². The molecule has 9 heteroatoms. The Morgan fingerprint density at radius 3 is 2.39 bits per heavy atom. The summed E-state index contributed by atoms with van der Waals surface area (Å²) >= 11 is 0. The maximum absolute atomic E-state index is 14.1. The first-order valence-electron chi connectivity index (χ1n) is 11.2. The second-order valence-electron chi connectivity index (χ2n) is 8.16. The van der Waals surface area contributed by atoms with E-state index in [0.717, 1.165) is 64.3 Å². The van der Waals surface area contributed by atoms with Gasteiger partial charge in [-0.1, -0.05) is 0 Å². The van der Waals surface area contributed by atoms with Gasteiger partial charge >= 0.3 is 0 Å². The van der Waals surface area contributed by atoms with Crippen molar-refractivity contribution < 1.29 is 8.78 Å². The highest BCUT2D eigenvalue weighted by molar-refractivity contribution is 14.0. The Labute approximate surface area is 202 Å². The van der Waals surface area contributed by atoms with Crippen LogP contribution in [0.4, 0.5) is 14.5 Å². The molecule has 1 N–H and O–H groups in total. The van der Waals surface area contributed by atoms with Crippen LogP contribution in [-0.4, -0.2) is 99.7 Å². The van der Waals surface area contributed by atoms with Crippen LogP contribution in [0.25, 0.3) is 0 Å². The summed E-state index contributed by atoms with van der Waals surface area (Å²) in [5.74, 6) is 0.155. The maximum Gasteiger partial charge on any atom is 0.194 e. The van der Waals surface area contributed by atoms with Gasteiger partial charge in [-0.2, -0.15) is 0 Å². The van der Waals surface area contributed by atoms with Crippen molar-refractivity contribution in [2.75, 3.05) is 83.9 Å². The number of benzene rings is 1. The molecule has 2 aliphatic heterocycles. The highest BCUT2D eigenvalue weighted by Crippen LogP contribution is 2.22. The smallest absolute Gasteiger partial charge is 0.194 e. The van der Waals surface area contributed by atoms with Gasteiger partial charge in [0, 0.05) is 71.5 Å². The molecule has 0 spiro atoms. The number of unbranched alkanes of at least 4 members (excludes halogenated alkanes) is 1. The van der Waals surface area contributed by atoms with Crippen LogP contribution in [0.1, 0.15) is 19.8 Å². The van der Waals surface area contributed by atoms with Gasteiger partial charge in [-0.3, -0.25) is 4.99 Å². The standard InChI is InChI=1S/C22H36F2N6.HI/c1-3-25-22(26-8-4-5-9-28-12-10-27(2)11-13-28)30-16-14-29(15-17-30)21-18-19(23)6-7-20(21)24;/h6-7,18H,3-5,8-17H2,1-2H3,(H,25,26);1H. The van der Waals surface area contributed by atoms with E-state index in [4.69, 9.17) is 4.99 Å². The molecule has 0 amide bonds. The molecule has 2 aliphatic rings. The molecule has 0 unspecified atom stereocenters. The first-order chi connectivity index (χ1) is 14.6. The highest BCUT2D eigenvalue weighted by Gasteiger charge is 2.22. The summed E-state index contributed by atoms with van der Waals surface area (Å²) in [4.78, 5) is 13.9. The number of guanidine groups is 1. The molecule has 3 rings (SSSR count). The van der Waals surface area contributed by atoms with Crippen molar-refractivity contribution in [2.45, 2.75) is 19.8 Å². The van der Waals surface area contributed by atoms with Crippen molar-refractivity contribution in [1.29, 1.82) is 0 Å². The minimum atomic E-state index is -0.402. The molecule has 0 atom stereocenters. The SMILES string of the molecule is CCNC(=NCCCCN1CCN(C)CC1)N1CCN(c2cc(F)ccc2F)CC1.I. The normalized spacial score (nSPS) is 18.8. The fraction of sp³-hybridized carbons (Fsp3) is 0.682. The summed E-state index contributed by atoms with van der Waals surface area (Å²) in [6.45, 7) is 12.3. The molecule has 6 nitrogen and oxygen atoms in total. The molecule has 31 heavy (non-hydrogen) atoms. The lowest BCUT2D eigenvalue weighted by Crippen LogP contribution is -2.52.